The number of amides is 1. The van der Waals surface area contributed by atoms with E-state index in [0.717, 1.165) is 37.1 Å². The topological polar surface area (TPSA) is 88.1 Å². The van der Waals surface area contributed by atoms with E-state index < -0.39 is 23.8 Å². The Kier molecular flexibility index (Phi) is 7.74. The van der Waals surface area contributed by atoms with Crippen molar-refractivity contribution in [2.24, 2.45) is 0 Å². The largest absolute Gasteiger partial charge is 0.486 e. The van der Waals surface area contributed by atoms with E-state index in [9.17, 15) is 14.7 Å². The van der Waals surface area contributed by atoms with Crippen molar-refractivity contribution in [1.29, 1.82) is 0 Å². The maximum absolute atomic E-state index is 13.0. The summed E-state index contributed by atoms with van der Waals surface area (Å²) < 4.78 is 11.2. The lowest BCUT2D eigenvalue weighted by Crippen LogP contribution is -2.48. The van der Waals surface area contributed by atoms with E-state index in [0.29, 0.717) is 41.8 Å². The monoisotopic (exact) mass is 520 g/mol. The Hall–Kier alpha value is -3.39. The van der Waals surface area contributed by atoms with Crippen LogP contribution >= 0.6 is 11.6 Å². The molecule has 8 heteroatoms. The zero-order chi connectivity index (χ0) is 25.8. The zero-order valence-corrected chi connectivity index (χ0v) is 21.1. The van der Waals surface area contributed by atoms with Gasteiger partial charge in [0.25, 0.3) is 5.91 Å². The molecule has 3 aromatic rings. The summed E-state index contributed by atoms with van der Waals surface area (Å²) in [5.74, 6) is -0.214. The maximum atomic E-state index is 13.0. The van der Waals surface area contributed by atoms with Crippen LogP contribution in [0.15, 0.2) is 66.7 Å². The number of Topliss-reactive ketones (excluding diaryl/α,β-unsaturated/α-hetero) is 1. The molecule has 1 saturated heterocycles. The first kappa shape index (κ1) is 25.3. The SMILES string of the molecule is O=C(N[C@H](CN1CCCC1)[C@H](O)c1ccc2c(c1)OCCO2)C(=O)c1ccc(-c2ccc(Cl)cc2)cc1. The van der Waals surface area contributed by atoms with E-state index >= 15 is 0 Å². The number of nitrogens with zero attached hydrogens (tertiary/aromatic N) is 1. The third kappa shape index (κ3) is 5.96. The Morgan fingerprint density at radius 3 is 2.19 bits per heavy atom. The highest BCUT2D eigenvalue weighted by Gasteiger charge is 2.30. The Bertz CT molecular complexity index is 1260. The summed E-state index contributed by atoms with van der Waals surface area (Å²) in [6.45, 7) is 3.13. The number of nitrogens with one attached hydrogen (secondary N) is 1. The molecule has 0 radical (unpaired) electrons. The lowest BCUT2D eigenvalue weighted by Gasteiger charge is -2.29. The maximum Gasteiger partial charge on any atom is 0.292 e. The molecule has 0 aliphatic carbocycles. The highest BCUT2D eigenvalue weighted by Crippen LogP contribution is 2.33. The number of ketones is 1. The van der Waals surface area contributed by atoms with Crippen molar-refractivity contribution in [1.82, 2.24) is 10.2 Å². The van der Waals surface area contributed by atoms with E-state index in [1.165, 1.54) is 0 Å². The highest BCUT2D eigenvalue weighted by molar-refractivity contribution is 6.42. The summed E-state index contributed by atoms with van der Waals surface area (Å²) in [5.41, 5.74) is 2.74. The van der Waals surface area contributed by atoms with Gasteiger partial charge in [-0.15, -0.1) is 0 Å². The van der Waals surface area contributed by atoms with Gasteiger partial charge in [0.05, 0.1) is 6.04 Å². The first-order valence-electron chi connectivity index (χ1n) is 12.5. The smallest absolute Gasteiger partial charge is 0.292 e. The third-order valence-electron chi connectivity index (χ3n) is 6.79. The van der Waals surface area contributed by atoms with Crippen LogP contribution < -0.4 is 14.8 Å². The fraction of sp³-hybridized carbons (Fsp3) is 0.310. The van der Waals surface area contributed by atoms with Crippen LogP contribution in [-0.4, -0.2) is 60.6 Å². The molecule has 3 aromatic carbocycles. The van der Waals surface area contributed by atoms with Gasteiger partial charge in [0.1, 0.15) is 19.3 Å². The van der Waals surface area contributed by atoms with Crippen molar-refractivity contribution in [2.45, 2.75) is 25.0 Å². The van der Waals surface area contributed by atoms with Crippen molar-refractivity contribution >= 4 is 23.3 Å². The van der Waals surface area contributed by atoms with Gasteiger partial charge in [0.2, 0.25) is 5.78 Å². The van der Waals surface area contributed by atoms with Gasteiger partial charge in [-0.25, -0.2) is 0 Å². The number of aliphatic hydroxyl groups excluding tert-OH is 1. The van der Waals surface area contributed by atoms with Gasteiger partial charge < -0.3 is 24.8 Å². The quantitative estimate of drug-likeness (QED) is 0.340. The molecule has 2 aliphatic rings. The minimum atomic E-state index is -1.03. The van der Waals surface area contributed by atoms with Gasteiger partial charge in [-0.1, -0.05) is 54.1 Å². The molecular formula is C29H29ClN2O5. The van der Waals surface area contributed by atoms with Gasteiger partial charge in [0, 0.05) is 17.1 Å². The number of aliphatic hydroxyl groups is 1. The number of halogens is 1. The van der Waals surface area contributed by atoms with Crippen molar-refractivity contribution in [3.63, 3.8) is 0 Å². The van der Waals surface area contributed by atoms with Crippen molar-refractivity contribution in [3.05, 3.63) is 82.9 Å². The van der Waals surface area contributed by atoms with Crippen molar-refractivity contribution in [3.8, 4) is 22.6 Å². The normalized spacial score (nSPS) is 16.7. The van der Waals surface area contributed by atoms with Crippen molar-refractivity contribution in [2.75, 3.05) is 32.8 Å². The Labute approximate surface area is 221 Å². The van der Waals surface area contributed by atoms with Crippen LogP contribution in [-0.2, 0) is 4.79 Å². The first-order chi connectivity index (χ1) is 18.0. The molecule has 1 fully saturated rings. The van der Waals surface area contributed by atoms with Crippen LogP contribution in [0.4, 0.5) is 0 Å². The van der Waals surface area contributed by atoms with Gasteiger partial charge in [-0.3, -0.25) is 9.59 Å². The van der Waals surface area contributed by atoms with E-state index in [-0.39, 0.29) is 5.56 Å². The molecule has 1 amide bonds. The number of benzene rings is 3. The number of carbonyl (C=O) groups excluding carboxylic acids is 2. The van der Waals surface area contributed by atoms with Gasteiger partial charge in [-0.2, -0.15) is 0 Å². The van der Waals surface area contributed by atoms with E-state index in [4.69, 9.17) is 21.1 Å². The Morgan fingerprint density at radius 2 is 1.51 bits per heavy atom. The van der Waals surface area contributed by atoms with Crippen LogP contribution in [0.25, 0.3) is 11.1 Å². The number of ether oxygens (including phenoxy) is 2. The van der Waals surface area contributed by atoms with Crippen LogP contribution in [0.2, 0.25) is 5.02 Å². The molecule has 2 heterocycles. The van der Waals surface area contributed by atoms with Crippen molar-refractivity contribution < 1.29 is 24.2 Å². The zero-order valence-electron chi connectivity index (χ0n) is 20.4. The standard InChI is InChI=1S/C29H29ClN2O5/c30-23-10-7-20(8-11-23)19-3-5-21(6-4-19)28(34)29(35)31-24(18-32-13-1-2-14-32)27(33)22-9-12-25-26(17-22)37-16-15-36-25/h3-12,17,24,27,33H,1-2,13-16,18H2,(H,31,35)/t24-,27-/m1/s1. The minimum Gasteiger partial charge on any atom is -0.486 e. The van der Waals surface area contributed by atoms with Crippen LogP contribution in [0, 0.1) is 0 Å². The average molecular weight is 521 g/mol. The van der Waals surface area contributed by atoms with E-state index in [2.05, 4.69) is 10.2 Å². The predicted molar refractivity (Wildman–Crippen MR) is 141 cm³/mol. The number of rotatable bonds is 8. The number of fused-ring (bicyclic) bond motifs is 1. The molecule has 0 saturated carbocycles. The molecule has 0 aromatic heterocycles. The molecule has 0 bridgehead atoms. The Morgan fingerprint density at radius 1 is 0.892 bits per heavy atom. The summed E-state index contributed by atoms with van der Waals surface area (Å²) >= 11 is 5.97. The molecule has 2 aliphatic heterocycles. The average Bonchev–Trinajstić information content (AvgIpc) is 3.45. The van der Waals surface area contributed by atoms with E-state index in [1.54, 1.807) is 54.6 Å². The lowest BCUT2D eigenvalue weighted by atomic mass is 9.99. The minimum absolute atomic E-state index is 0.281. The Balaban J connectivity index is 1.31. The van der Waals surface area contributed by atoms with Gasteiger partial charge >= 0.3 is 0 Å². The lowest BCUT2D eigenvalue weighted by molar-refractivity contribution is -0.118. The fourth-order valence-corrected chi connectivity index (χ4v) is 4.89. The summed E-state index contributed by atoms with van der Waals surface area (Å²) in [6.07, 6.45) is 1.11. The number of hydrogen-bond donors (Lipinski definition) is 2. The molecular weight excluding hydrogens is 492 g/mol. The molecule has 7 nitrogen and oxygen atoms in total. The fourth-order valence-electron chi connectivity index (χ4n) is 4.77. The van der Waals surface area contributed by atoms with Crippen LogP contribution in [0.5, 0.6) is 11.5 Å². The van der Waals surface area contributed by atoms with Crippen LogP contribution in [0.1, 0.15) is 34.9 Å². The second kappa shape index (κ2) is 11.3. The summed E-state index contributed by atoms with van der Waals surface area (Å²) in [7, 11) is 0. The van der Waals surface area contributed by atoms with Gasteiger partial charge in [0.15, 0.2) is 11.5 Å². The molecule has 5 rings (SSSR count). The first-order valence-corrected chi connectivity index (χ1v) is 12.9. The van der Waals surface area contributed by atoms with Crippen LogP contribution in [0.3, 0.4) is 0 Å². The van der Waals surface area contributed by atoms with E-state index in [1.807, 2.05) is 12.1 Å². The predicted octanol–water partition coefficient (Wildman–Crippen LogP) is 4.28. The van der Waals surface area contributed by atoms with Gasteiger partial charge in [-0.05, 0) is 66.9 Å². The second-order valence-electron chi connectivity index (χ2n) is 9.35. The highest BCUT2D eigenvalue weighted by atomic mass is 35.5. The molecule has 192 valence electrons. The molecule has 0 unspecified atom stereocenters. The number of likely N-dealkylation sites (tertiary alicyclic amines) is 1. The summed E-state index contributed by atoms with van der Waals surface area (Å²) in [5, 5.41) is 14.7. The molecule has 0 spiro atoms. The second-order valence-corrected chi connectivity index (χ2v) is 9.79. The summed E-state index contributed by atoms with van der Waals surface area (Å²) in [4.78, 5) is 28.2. The third-order valence-corrected chi connectivity index (χ3v) is 7.04. The molecule has 2 atom stereocenters. The number of carbonyl (C=O) groups is 2. The molecule has 37 heavy (non-hydrogen) atoms. The summed E-state index contributed by atoms with van der Waals surface area (Å²) in [6, 6.07) is 18.9. The molecule has 2 N–H and O–H groups in total. The number of hydrogen-bond acceptors (Lipinski definition) is 6.